The van der Waals surface area contributed by atoms with Crippen LogP contribution in [-0.4, -0.2) is 71.1 Å². The summed E-state index contributed by atoms with van der Waals surface area (Å²) in [7, 11) is 0. The fraction of sp³-hybridized carbons (Fsp3) is 0.857. The molecule has 7 nitrogen and oxygen atoms in total. The van der Waals surface area contributed by atoms with Crippen molar-refractivity contribution < 1.29 is 24.2 Å². The number of carbonyl (C=O) groups excluding carboxylic acids is 2. The van der Waals surface area contributed by atoms with Crippen molar-refractivity contribution >= 4 is 12.2 Å². The molecule has 2 heterocycles. The molecule has 7 heteroatoms. The Balaban J connectivity index is 2.08. The number of aliphatic hydroxyl groups is 1. The van der Waals surface area contributed by atoms with Crippen molar-refractivity contribution in [2.45, 2.75) is 44.8 Å². The van der Waals surface area contributed by atoms with Gasteiger partial charge in [-0.15, -0.1) is 0 Å². The van der Waals surface area contributed by atoms with Gasteiger partial charge in [-0.1, -0.05) is 0 Å². The third-order valence-electron chi connectivity index (χ3n) is 3.89. The largest absolute Gasteiger partial charge is 0.449 e. The maximum atomic E-state index is 12.2. The van der Waals surface area contributed by atoms with Gasteiger partial charge >= 0.3 is 12.2 Å². The first-order valence-corrected chi connectivity index (χ1v) is 7.31. The van der Waals surface area contributed by atoms with E-state index < -0.39 is 17.2 Å². The summed E-state index contributed by atoms with van der Waals surface area (Å²) in [5, 5.41) is 9.15. The molecular formula is C14H24N2O5. The second-order valence-electron chi connectivity index (χ2n) is 6.62. The molecule has 1 atom stereocenters. The first-order valence-electron chi connectivity index (χ1n) is 7.31. The molecule has 0 aliphatic carbocycles. The molecule has 0 radical (unpaired) electrons. The van der Waals surface area contributed by atoms with Gasteiger partial charge in [-0.05, 0) is 27.2 Å². The first kappa shape index (κ1) is 15.9. The molecule has 1 spiro atoms. The Bertz CT molecular complexity index is 420. The van der Waals surface area contributed by atoms with Gasteiger partial charge in [-0.25, -0.2) is 9.59 Å². The number of β-amino-alcohol motifs (C(OH)–C–C–N with tert-alkyl or cyclic N) is 1. The molecule has 2 fully saturated rings. The molecule has 1 N–H and O–H groups in total. The minimum Gasteiger partial charge on any atom is -0.449 e. The number of hydrogen-bond acceptors (Lipinski definition) is 5. The van der Waals surface area contributed by atoms with E-state index in [1.807, 2.05) is 20.8 Å². The van der Waals surface area contributed by atoms with Gasteiger partial charge in [-0.2, -0.15) is 0 Å². The highest BCUT2D eigenvalue weighted by molar-refractivity contribution is 5.72. The summed E-state index contributed by atoms with van der Waals surface area (Å²) >= 11 is 0. The summed E-state index contributed by atoms with van der Waals surface area (Å²) < 4.78 is 10.4. The van der Waals surface area contributed by atoms with Gasteiger partial charge in [0.1, 0.15) is 5.60 Å². The van der Waals surface area contributed by atoms with Gasteiger partial charge in [0.05, 0.1) is 18.8 Å². The van der Waals surface area contributed by atoms with Crippen molar-refractivity contribution in [3.63, 3.8) is 0 Å². The summed E-state index contributed by atoms with van der Waals surface area (Å²) in [4.78, 5) is 27.3. The van der Waals surface area contributed by atoms with E-state index in [1.165, 1.54) is 0 Å². The van der Waals surface area contributed by atoms with Crippen molar-refractivity contribution in [3.8, 4) is 0 Å². The number of ether oxygens (including phenoxy) is 2. The third kappa shape index (κ3) is 3.40. The lowest BCUT2D eigenvalue weighted by atomic mass is 9.91. The van der Waals surface area contributed by atoms with E-state index in [9.17, 15) is 9.59 Å². The normalized spacial score (nSPS) is 26.2. The molecule has 2 saturated heterocycles. The van der Waals surface area contributed by atoms with Gasteiger partial charge in [0.15, 0.2) is 0 Å². The zero-order chi connectivity index (χ0) is 15.7. The topological polar surface area (TPSA) is 79.3 Å². The molecular weight excluding hydrogens is 276 g/mol. The van der Waals surface area contributed by atoms with E-state index in [4.69, 9.17) is 14.6 Å². The van der Waals surface area contributed by atoms with Crippen LogP contribution in [0.5, 0.6) is 0 Å². The SMILES string of the molecule is CC(C)(C)OC(=O)N1CCC2(CCOC(=O)N2CCO)C1. The molecule has 2 aliphatic heterocycles. The van der Waals surface area contributed by atoms with Crippen LogP contribution in [0, 0.1) is 0 Å². The number of hydrogen-bond donors (Lipinski definition) is 1. The summed E-state index contributed by atoms with van der Waals surface area (Å²) in [6.45, 7) is 6.90. The average molecular weight is 300 g/mol. The van der Waals surface area contributed by atoms with Crippen molar-refractivity contribution in [2.75, 3.05) is 32.8 Å². The predicted octanol–water partition coefficient (Wildman–Crippen LogP) is 1.20. The Labute approximate surface area is 124 Å². The fourth-order valence-corrected chi connectivity index (χ4v) is 2.93. The van der Waals surface area contributed by atoms with E-state index in [0.29, 0.717) is 32.5 Å². The Morgan fingerprint density at radius 1 is 1.43 bits per heavy atom. The quantitative estimate of drug-likeness (QED) is 0.829. The lowest BCUT2D eigenvalue weighted by Crippen LogP contribution is -2.58. The predicted molar refractivity (Wildman–Crippen MR) is 74.9 cm³/mol. The molecule has 0 aromatic rings. The van der Waals surface area contributed by atoms with Crippen LogP contribution in [0.3, 0.4) is 0 Å². The monoisotopic (exact) mass is 300 g/mol. The van der Waals surface area contributed by atoms with Gasteiger partial charge in [0.2, 0.25) is 0 Å². The minimum absolute atomic E-state index is 0.122. The smallest absolute Gasteiger partial charge is 0.410 e. The first-order chi connectivity index (χ1) is 9.77. The number of cyclic esters (lactones) is 1. The Morgan fingerprint density at radius 2 is 2.14 bits per heavy atom. The maximum absolute atomic E-state index is 12.2. The van der Waals surface area contributed by atoms with Crippen LogP contribution in [0.4, 0.5) is 9.59 Å². The zero-order valence-electron chi connectivity index (χ0n) is 12.9. The molecule has 1 unspecified atom stereocenters. The Kier molecular flexibility index (Phi) is 4.32. The summed E-state index contributed by atoms with van der Waals surface area (Å²) in [5.41, 5.74) is -0.974. The van der Waals surface area contributed by atoms with Gasteiger partial charge in [0.25, 0.3) is 0 Å². The second-order valence-corrected chi connectivity index (χ2v) is 6.62. The maximum Gasteiger partial charge on any atom is 0.410 e. The number of likely N-dealkylation sites (tertiary alicyclic amines) is 1. The van der Waals surface area contributed by atoms with Gasteiger partial charge in [-0.3, -0.25) is 4.90 Å². The molecule has 21 heavy (non-hydrogen) atoms. The van der Waals surface area contributed by atoms with Crippen LogP contribution in [0.1, 0.15) is 33.6 Å². The minimum atomic E-state index is -0.539. The molecule has 2 rings (SSSR count). The fourth-order valence-electron chi connectivity index (χ4n) is 2.93. The molecule has 0 bridgehead atoms. The molecule has 2 aliphatic rings. The van der Waals surface area contributed by atoms with Crippen molar-refractivity contribution in [3.05, 3.63) is 0 Å². The van der Waals surface area contributed by atoms with E-state index >= 15 is 0 Å². The van der Waals surface area contributed by atoms with Gasteiger partial charge < -0.3 is 19.5 Å². The molecule has 0 aromatic carbocycles. The zero-order valence-corrected chi connectivity index (χ0v) is 12.9. The standard InChI is InChI=1S/C14H24N2O5/c1-13(2,3)21-11(18)15-6-4-14(10-15)5-9-20-12(19)16(14)7-8-17/h17H,4-10H2,1-3H3. The number of nitrogens with zero attached hydrogens (tertiary/aromatic N) is 2. The van der Waals surface area contributed by atoms with Crippen LogP contribution >= 0.6 is 0 Å². The molecule has 0 aromatic heterocycles. The highest BCUT2D eigenvalue weighted by Gasteiger charge is 2.49. The number of carbonyl (C=O) groups is 2. The Morgan fingerprint density at radius 3 is 2.76 bits per heavy atom. The van der Waals surface area contributed by atoms with Crippen molar-refractivity contribution in [1.29, 1.82) is 0 Å². The highest BCUT2D eigenvalue weighted by Crippen LogP contribution is 2.35. The summed E-state index contributed by atoms with van der Waals surface area (Å²) in [6.07, 6.45) is 0.572. The van der Waals surface area contributed by atoms with Crippen molar-refractivity contribution in [1.82, 2.24) is 9.80 Å². The third-order valence-corrected chi connectivity index (χ3v) is 3.89. The molecule has 120 valence electrons. The van der Waals surface area contributed by atoms with E-state index in [0.717, 1.165) is 0 Å². The highest BCUT2D eigenvalue weighted by atomic mass is 16.6. The molecule has 0 saturated carbocycles. The lowest BCUT2D eigenvalue weighted by Gasteiger charge is -2.43. The van der Waals surface area contributed by atoms with Crippen LogP contribution in [0.25, 0.3) is 0 Å². The van der Waals surface area contributed by atoms with Crippen LogP contribution < -0.4 is 0 Å². The summed E-state index contributed by atoms with van der Waals surface area (Å²) in [6, 6.07) is 0. The second kappa shape index (κ2) is 5.71. The number of rotatable bonds is 2. The lowest BCUT2D eigenvalue weighted by molar-refractivity contribution is -0.0117. The van der Waals surface area contributed by atoms with Crippen LogP contribution in [0.15, 0.2) is 0 Å². The molecule has 2 amide bonds. The van der Waals surface area contributed by atoms with E-state index in [1.54, 1.807) is 9.80 Å². The van der Waals surface area contributed by atoms with Crippen LogP contribution in [-0.2, 0) is 9.47 Å². The van der Waals surface area contributed by atoms with E-state index in [2.05, 4.69) is 0 Å². The van der Waals surface area contributed by atoms with E-state index in [-0.39, 0.29) is 19.2 Å². The van der Waals surface area contributed by atoms with Crippen LogP contribution in [0.2, 0.25) is 0 Å². The average Bonchev–Trinajstić information content (AvgIpc) is 2.77. The number of aliphatic hydroxyl groups excluding tert-OH is 1. The van der Waals surface area contributed by atoms with Gasteiger partial charge in [0, 0.05) is 26.1 Å². The Hall–Kier alpha value is -1.50. The van der Waals surface area contributed by atoms with Crippen molar-refractivity contribution in [2.24, 2.45) is 0 Å². The number of amides is 2. The summed E-state index contributed by atoms with van der Waals surface area (Å²) in [5.74, 6) is 0.